The van der Waals surface area contributed by atoms with Gasteiger partial charge in [0.2, 0.25) is 12.3 Å². The van der Waals surface area contributed by atoms with Gasteiger partial charge in [-0.1, -0.05) is 25.7 Å². The first kappa shape index (κ1) is 24.2. The van der Waals surface area contributed by atoms with E-state index < -0.39 is 18.2 Å². The molecule has 32 heavy (non-hydrogen) atoms. The number of furan rings is 1. The standard InChI is InChI=1S/C22H34N4O6/c1-15-18(8-10-32-15)20(28)23-13-24-21(29)19-7-4-9-26(19)22(30)17(12-25(31)14-27)11-16-5-2-3-6-16/h8,10,14,16-17,19,21,24,29,31H,2-7,9,11-13H2,1H3,(H,23,28)/t17-,19+,21?/m1/s1. The molecule has 0 bridgehead atoms. The summed E-state index contributed by atoms with van der Waals surface area (Å²) in [5.74, 6) is -0.0558. The molecule has 0 radical (unpaired) electrons. The summed E-state index contributed by atoms with van der Waals surface area (Å²) in [6, 6.07) is 1.14. The number of carbonyl (C=O) groups is 3. The molecule has 1 saturated heterocycles. The van der Waals surface area contributed by atoms with Crippen LogP contribution in [-0.2, 0) is 9.59 Å². The van der Waals surface area contributed by atoms with Crippen molar-refractivity contribution in [2.24, 2.45) is 11.8 Å². The summed E-state index contributed by atoms with van der Waals surface area (Å²) >= 11 is 0. The lowest BCUT2D eigenvalue weighted by Crippen LogP contribution is -2.53. The van der Waals surface area contributed by atoms with E-state index in [2.05, 4.69) is 10.6 Å². The normalized spacial score (nSPS) is 20.8. The summed E-state index contributed by atoms with van der Waals surface area (Å²) in [5, 5.41) is 26.5. The molecule has 2 heterocycles. The highest BCUT2D eigenvalue weighted by molar-refractivity contribution is 5.94. The Bertz CT molecular complexity index is 778. The summed E-state index contributed by atoms with van der Waals surface area (Å²) in [4.78, 5) is 38.1. The van der Waals surface area contributed by atoms with Crippen LogP contribution >= 0.6 is 0 Å². The van der Waals surface area contributed by atoms with E-state index in [0.717, 1.165) is 32.1 Å². The second kappa shape index (κ2) is 11.4. The van der Waals surface area contributed by atoms with E-state index in [-0.39, 0.29) is 25.0 Å². The van der Waals surface area contributed by atoms with Crippen molar-refractivity contribution in [3.05, 3.63) is 23.7 Å². The van der Waals surface area contributed by atoms with Gasteiger partial charge >= 0.3 is 0 Å². The molecule has 3 atom stereocenters. The molecule has 1 aliphatic heterocycles. The van der Waals surface area contributed by atoms with Crippen molar-refractivity contribution in [1.82, 2.24) is 20.6 Å². The van der Waals surface area contributed by atoms with Crippen LogP contribution in [-0.4, -0.2) is 70.5 Å². The van der Waals surface area contributed by atoms with Crippen LogP contribution in [0.4, 0.5) is 0 Å². The Labute approximate surface area is 187 Å². The summed E-state index contributed by atoms with van der Waals surface area (Å²) in [6.45, 7) is 2.19. The minimum Gasteiger partial charge on any atom is -0.469 e. The highest BCUT2D eigenvalue weighted by Gasteiger charge is 2.38. The van der Waals surface area contributed by atoms with Gasteiger partial charge in [0, 0.05) is 6.54 Å². The van der Waals surface area contributed by atoms with Gasteiger partial charge in [-0.2, -0.15) is 0 Å². The number of aliphatic hydroxyl groups excluding tert-OH is 1. The first-order valence-corrected chi connectivity index (χ1v) is 11.4. The number of carbonyl (C=O) groups excluding carboxylic acids is 3. The van der Waals surface area contributed by atoms with Crippen LogP contribution in [0.3, 0.4) is 0 Å². The number of rotatable bonds is 11. The van der Waals surface area contributed by atoms with E-state index in [0.29, 0.717) is 48.1 Å². The van der Waals surface area contributed by atoms with Gasteiger partial charge in [-0.15, -0.1) is 0 Å². The Morgan fingerprint density at radius 1 is 1.31 bits per heavy atom. The average molecular weight is 451 g/mol. The van der Waals surface area contributed by atoms with E-state index in [9.17, 15) is 24.7 Å². The van der Waals surface area contributed by atoms with Gasteiger partial charge in [0.1, 0.15) is 12.0 Å². The minimum atomic E-state index is -1.02. The molecule has 1 unspecified atom stereocenters. The van der Waals surface area contributed by atoms with Crippen LogP contribution in [0.25, 0.3) is 0 Å². The van der Waals surface area contributed by atoms with E-state index in [1.807, 2.05) is 0 Å². The smallest absolute Gasteiger partial charge is 0.255 e. The van der Waals surface area contributed by atoms with Crippen molar-refractivity contribution < 1.29 is 29.1 Å². The lowest BCUT2D eigenvalue weighted by atomic mass is 9.91. The van der Waals surface area contributed by atoms with Gasteiger partial charge in [0.25, 0.3) is 5.91 Å². The molecule has 178 valence electrons. The van der Waals surface area contributed by atoms with Crippen LogP contribution < -0.4 is 10.6 Å². The average Bonchev–Trinajstić information content (AvgIpc) is 3.54. The molecule has 10 heteroatoms. The molecule has 2 aliphatic rings. The van der Waals surface area contributed by atoms with E-state index in [1.165, 1.54) is 6.26 Å². The summed E-state index contributed by atoms with van der Waals surface area (Å²) < 4.78 is 5.12. The molecule has 4 N–H and O–H groups in total. The highest BCUT2D eigenvalue weighted by atomic mass is 16.5. The number of hydroxylamine groups is 2. The predicted molar refractivity (Wildman–Crippen MR) is 114 cm³/mol. The zero-order chi connectivity index (χ0) is 23.1. The second-order valence-corrected chi connectivity index (χ2v) is 8.77. The first-order valence-electron chi connectivity index (χ1n) is 11.4. The maximum Gasteiger partial charge on any atom is 0.255 e. The maximum atomic E-state index is 13.3. The molecule has 0 aromatic carbocycles. The lowest BCUT2D eigenvalue weighted by Gasteiger charge is -2.33. The molecular weight excluding hydrogens is 416 g/mol. The second-order valence-electron chi connectivity index (χ2n) is 8.77. The Kier molecular flexibility index (Phi) is 8.66. The summed E-state index contributed by atoms with van der Waals surface area (Å²) in [6.07, 6.45) is 7.13. The third-order valence-corrected chi connectivity index (χ3v) is 6.58. The van der Waals surface area contributed by atoms with Crippen LogP contribution in [0.1, 0.15) is 61.1 Å². The molecule has 1 aromatic heterocycles. The van der Waals surface area contributed by atoms with Crippen LogP contribution in [0.15, 0.2) is 16.7 Å². The number of likely N-dealkylation sites (tertiary alicyclic amines) is 1. The van der Waals surface area contributed by atoms with Gasteiger partial charge < -0.3 is 19.7 Å². The highest BCUT2D eigenvalue weighted by Crippen LogP contribution is 2.32. The summed E-state index contributed by atoms with van der Waals surface area (Å²) in [5.41, 5.74) is 0.428. The number of aryl methyl sites for hydroxylation is 1. The topological polar surface area (TPSA) is 135 Å². The Morgan fingerprint density at radius 2 is 2.06 bits per heavy atom. The van der Waals surface area contributed by atoms with Crippen molar-refractivity contribution in [2.45, 2.75) is 64.1 Å². The number of hydrogen-bond donors (Lipinski definition) is 4. The molecule has 3 amide bonds. The SMILES string of the molecule is Cc1occc1C(=O)NCNC(O)[C@@H]1CCCN1C(=O)[C@H](CC1CCCC1)CN(O)C=O. The van der Waals surface area contributed by atoms with Crippen LogP contribution in [0.2, 0.25) is 0 Å². The molecule has 1 saturated carbocycles. The van der Waals surface area contributed by atoms with Crippen molar-refractivity contribution in [1.29, 1.82) is 0 Å². The lowest BCUT2D eigenvalue weighted by molar-refractivity contribution is -0.158. The Hall–Kier alpha value is -2.43. The van der Waals surface area contributed by atoms with Gasteiger partial charge in [-0.3, -0.25) is 24.9 Å². The largest absolute Gasteiger partial charge is 0.469 e. The molecule has 0 spiro atoms. The Morgan fingerprint density at radius 3 is 2.72 bits per heavy atom. The first-order chi connectivity index (χ1) is 15.4. The van der Waals surface area contributed by atoms with E-state index in [1.54, 1.807) is 17.9 Å². The zero-order valence-corrected chi connectivity index (χ0v) is 18.5. The fraction of sp³-hybridized carbons (Fsp3) is 0.682. The molecule has 2 fully saturated rings. The minimum absolute atomic E-state index is 0.0320. The fourth-order valence-electron chi connectivity index (χ4n) is 4.89. The van der Waals surface area contributed by atoms with Gasteiger partial charge in [-0.05, 0) is 38.2 Å². The number of aliphatic hydroxyl groups is 1. The van der Waals surface area contributed by atoms with Gasteiger partial charge in [0.05, 0.1) is 37.0 Å². The summed E-state index contributed by atoms with van der Waals surface area (Å²) in [7, 11) is 0. The number of nitrogens with zero attached hydrogens (tertiary/aromatic N) is 2. The van der Waals surface area contributed by atoms with Crippen molar-refractivity contribution in [3.8, 4) is 0 Å². The monoisotopic (exact) mass is 450 g/mol. The fourth-order valence-corrected chi connectivity index (χ4v) is 4.89. The molecule has 1 aromatic rings. The van der Waals surface area contributed by atoms with Gasteiger partial charge in [0.15, 0.2) is 0 Å². The number of hydrogen-bond acceptors (Lipinski definition) is 7. The third kappa shape index (κ3) is 6.08. The van der Waals surface area contributed by atoms with Gasteiger partial charge in [-0.25, -0.2) is 5.06 Å². The number of amides is 3. The Balaban J connectivity index is 1.56. The third-order valence-electron chi connectivity index (χ3n) is 6.58. The van der Waals surface area contributed by atoms with Crippen LogP contribution in [0.5, 0.6) is 0 Å². The van der Waals surface area contributed by atoms with Crippen molar-refractivity contribution in [2.75, 3.05) is 19.8 Å². The van der Waals surface area contributed by atoms with E-state index in [4.69, 9.17) is 4.42 Å². The quantitative estimate of drug-likeness (QED) is 0.172. The number of nitrogens with one attached hydrogen (secondary N) is 2. The molecule has 10 nitrogen and oxygen atoms in total. The van der Waals surface area contributed by atoms with Crippen LogP contribution in [0, 0.1) is 18.8 Å². The van der Waals surface area contributed by atoms with Crippen molar-refractivity contribution >= 4 is 18.2 Å². The zero-order valence-electron chi connectivity index (χ0n) is 18.5. The van der Waals surface area contributed by atoms with E-state index >= 15 is 0 Å². The predicted octanol–water partition coefficient (Wildman–Crippen LogP) is 1.22. The maximum absolute atomic E-state index is 13.3. The molecule has 3 rings (SSSR count). The van der Waals surface area contributed by atoms with Crippen molar-refractivity contribution in [3.63, 3.8) is 0 Å². The molecular formula is C22H34N4O6. The molecule has 1 aliphatic carbocycles.